The predicted octanol–water partition coefficient (Wildman–Crippen LogP) is 2.55. The first-order valence-electron chi connectivity index (χ1n) is 11.7. The third-order valence-electron chi connectivity index (χ3n) is 5.74. The number of hydrogen-bond donors (Lipinski definition) is 1. The Balaban J connectivity index is 1.62. The zero-order chi connectivity index (χ0) is 28.5. The minimum absolute atomic E-state index is 0.0166. The Morgan fingerprint density at radius 1 is 1.10 bits per heavy atom. The lowest BCUT2D eigenvalue weighted by Crippen LogP contribution is -2.37. The van der Waals surface area contributed by atoms with E-state index in [1.807, 2.05) is 0 Å². The van der Waals surface area contributed by atoms with E-state index in [-0.39, 0.29) is 45.5 Å². The maximum atomic E-state index is 13.6. The molecule has 0 saturated carbocycles. The van der Waals surface area contributed by atoms with E-state index in [4.69, 9.17) is 30.0 Å². The lowest BCUT2D eigenvalue weighted by atomic mass is 10.1. The van der Waals surface area contributed by atoms with Crippen LogP contribution in [0.15, 0.2) is 24.3 Å². The Hall–Kier alpha value is -3.22. The lowest BCUT2D eigenvalue weighted by molar-refractivity contribution is 0.0357. The van der Waals surface area contributed by atoms with Crippen LogP contribution in [0.2, 0.25) is 5.02 Å². The van der Waals surface area contributed by atoms with E-state index in [2.05, 4.69) is 28.0 Å². The van der Waals surface area contributed by atoms with Crippen LogP contribution in [0.3, 0.4) is 0 Å². The van der Waals surface area contributed by atoms with Crippen molar-refractivity contribution in [1.82, 2.24) is 14.9 Å². The van der Waals surface area contributed by atoms with Crippen molar-refractivity contribution in [3.8, 4) is 23.3 Å². The predicted molar refractivity (Wildman–Crippen MR) is 138 cm³/mol. The molecule has 1 fully saturated rings. The molecule has 4 heterocycles. The van der Waals surface area contributed by atoms with Gasteiger partial charge >= 0.3 is 26.8 Å². The summed E-state index contributed by atoms with van der Waals surface area (Å²) in [4.78, 5) is 10.3. The van der Waals surface area contributed by atoms with Crippen molar-refractivity contribution < 1.29 is 47.4 Å². The van der Waals surface area contributed by atoms with E-state index in [0.29, 0.717) is 26.2 Å². The molecule has 1 saturated heterocycles. The standard InChI is InChI=1S/C22H22ClFN4O10S2/c1-33-17-12-16-18-20(19(17)35-8-2-5-28-6-9-34-10-7-28)36-39(29,30)38-40(31,32)37-22(26-16)27-21(18)25-15-4-3-13(24)11-14(15)23/h3-4,11-12H,2,5-10H2,1H3,(H,25,26,27). The molecule has 14 nitrogen and oxygen atoms in total. The van der Waals surface area contributed by atoms with Gasteiger partial charge in [-0.2, -0.15) is 26.8 Å². The Morgan fingerprint density at radius 2 is 1.85 bits per heavy atom. The van der Waals surface area contributed by atoms with Crippen LogP contribution in [0.1, 0.15) is 6.42 Å². The van der Waals surface area contributed by atoms with Gasteiger partial charge in [0, 0.05) is 25.7 Å². The maximum absolute atomic E-state index is 13.6. The van der Waals surface area contributed by atoms with Gasteiger partial charge in [-0.1, -0.05) is 15.2 Å². The van der Waals surface area contributed by atoms with Gasteiger partial charge in [-0.05, 0) is 24.6 Å². The molecule has 1 N–H and O–H groups in total. The van der Waals surface area contributed by atoms with E-state index < -0.39 is 38.4 Å². The van der Waals surface area contributed by atoms with Crippen LogP contribution in [0, 0.1) is 5.82 Å². The second-order valence-electron chi connectivity index (χ2n) is 8.44. The number of hydrogen-bond acceptors (Lipinski definition) is 14. The fourth-order valence-corrected chi connectivity index (χ4v) is 5.90. The van der Waals surface area contributed by atoms with Gasteiger partial charge in [0.05, 0.1) is 48.5 Å². The topological polar surface area (TPSA) is 165 Å². The monoisotopic (exact) mass is 620 g/mol. The average Bonchev–Trinajstić information content (AvgIpc) is 2.87. The number of anilines is 2. The molecule has 4 bridgehead atoms. The fourth-order valence-electron chi connectivity index (χ4n) is 4.02. The summed E-state index contributed by atoms with van der Waals surface area (Å²) in [5.74, 6) is -1.50. The van der Waals surface area contributed by atoms with Gasteiger partial charge in [0.25, 0.3) is 0 Å². The van der Waals surface area contributed by atoms with Crippen LogP contribution in [0.25, 0.3) is 10.9 Å². The first-order valence-corrected chi connectivity index (χ1v) is 14.8. The van der Waals surface area contributed by atoms with Gasteiger partial charge in [0.2, 0.25) is 11.5 Å². The molecule has 3 aliphatic heterocycles. The van der Waals surface area contributed by atoms with Gasteiger partial charge in [-0.15, -0.1) is 0 Å². The van der Waals surface area contributed by atoms with Crippen LogP contribution in [-0.4, -0.2) is 78.3 Å². The van der Waals surface area contributed by atoms with E-state index >= 15 is 0 Å². The number of methoxy groups -OCH3 is 1. The van der Waals surface area contributed by atoms with Gasteiger partial charge < -0.3 is 27.9 Å². The van der Waals surface area contributed by atoms with Crippen molar-refractivity contribution in [1.29, 1.82) is 0 Å². The quantitative estimate of drug-likeness (QED) is 0.365. The van der Waals surface area contributed by atoms with Crippen molar-refractivity contribution in [2.45, 2.75) is 6.42 Å². The van der Waals surface area contributed by atoms with Gasteiger partial charge in [-0.25, -0.2) is 4.39 Å². The number of halogens is 2. The first kappa shape index (κ1) is 28.3. The third-order valence-corrected chi connectivity index (χ3v) is 8.11. The molecule has 216 valence electrons. The highest BCUT2D eigenvalue weighted by molar-refractivity contribution is 7.95. The van der Waals surface area contributed by atoms with Crippen molar-refractivity contribution in [3.63, 3.8) is 0 Å². The van der Waals surface area contributed by atoms with E-state index in [1.54, 1.807) is 0 Å². The normalized spacial score (nSPS) is 18.2. The molecular weight excluding hydrogens is 599 g/mol. The van der Waals surface area contributed by atoms with Crippen molar-refractivity contribution in [3.05, 3.63) is 35.1 Å². The van der Waals surface area contributed by atoms with Crippen LogP contribution >= 0.6 is 11.6 Å². The number of morpholine rings is 1. The van der Waals surface area contributed by atoms with Gasteiger partial charge in [0.15, 0.2) is 5.75 Å². The Bertz CT molecular complexity index is 1650. The summed E-state index contributed by atoms with van der Waals surface area (Å²) in [5, 5.41) is 2.68. The molecule has 18 heteroatoms. The first-order chi connectivity index (χ1) is 19.0. The highest BCUT2D eigenvalue weighted by Gasteiger charge is 2.35. The second-order valence-corrected chi connectivity index (χ2v) is 11.4. The average molecular weight is 621 g/mol. The summed E-state index contributed by atoms with van der Waals surface area (Å²) in [6.07, 6.45) is 0.540. The molecule has 0 spiro atoms. The molecule has 0 aliphatic carbocycles. The van der Waals surface area contributed by atoms with Crippen molar-refractivity contribution >= 4 is 54.8 Å². The minimum Gasteiger partial charge on any atom is -0.493 e. The van der Waals surface area contributed by atoms with E-state index in [1.165, 1.54) is 19.2 Å². The highest BCUT2D eigenvalue weighted by atomic mass is 35.5. The third kappa shape index (κ3) is 6.39. The zero-order valence-corrected chi connectivity index (χ0v) is 23.1. The van der Waals surface area contributed by atoms with Crippen molar-refractivity contribution in [2.75, 3.05) is 51.9 Å². The smallest absolute Gasteiger partial charge is 0.469 e. The molecular formula is C22H22ClFN4O10S2. The van der Waals surface area contributed by atoms with Gasteiger partial charge in [0.1, 0.15) is 11.6 Å². The number of rotatable bonds is 8. The second kappa shape index (κ2) is 11.3. The zero-order valence-electron chi connectivity index (χ0n) is 20.8. The van der Waals surface area contributed by atoms with E-state index in [9.17, 15) is 21.2 Å². The Kier molecular flexibility index (Phi) is 8.03. The summed E-state index contributed by atoms with van der Waals surface area (Å²) in [6, 6.07) is 4.00. The van der Waals surface area contributed by atoms with Crippen LogP contribution in [0.4, 0.5) is 15.9 Å². The molecule has 40 heavy (non-hydrogen) atoms. The fraction of sp³-hybridized carbons (Fsp3) is 0.364. The number of nitrogens with zero attached hydrogens (tertiary/aromatic N) is 3. The highest BCUT2D eigenvalue weighted by Crippen LogP contribution is 2.48. The molecule has 0 radical (unpaired) electrons. The number of ether oxygens (including phenoxy) is 3. The lowest BCUT2D eigenvalue weighted by Gasteiger charge is -2.26. The number of fused-ring (bicyclic) bond motifs is 5. The van der Waals surface area contributed by atoms with Crippen LogP contribution in [0.5, 0.6) is 23.3 Å². The van der Waals surface area contributed by atoms with E-state index in [0.717, 1.165) is 25.2 Å². The summed E-state index contributed by atoms with van der Waals surface area (Å²) in [6.45, 7) is 3.55. The molecule has 0 amide bonds. The minimum atomic E-state index is -5.29. The maximum Gasteiger partial charge on any atom is 0.469 e. The van der Waals surface area contributed by atoms with Crippen molar-refractivity contribution in [2.24, 2.45) is 0 Å². The van der Waals surface area contributed by atoms with Gasteiger partial charge in [-0.3, -0.25) is 4.90 Å². The number of aromatic nitrogens is 2. The molecule has 0 atom stereocenters. The molecule has 3 aromatic rings. The SMILES string of the molecule is COc1cc2nc3nc(Nc4ccc(F)cc4Cl)c2c(c1OCCCN1CCOCC1)OS(=O)(=O)OS(=O)(=O)O3. The van der Waals surface area contributed by atoms with Crippen LogP contribution in [-0.2, 0) is 29.2 Å². The molecule has 1 aromatic heterocycles. The molecule has 3 aliphatic rings. The largest absolute Gasteiger partial charge is 0.493 e. The number of nitrogens with one attached hydrogen (secondary N) is 1. The summed E-state index contributed by atoms with van der Waals surface area (Å²) < 4.78 is 94.1. The Labute approximate surface area is 233 Å². The molecule has 6 rings (SSSR count). The molecule has 0 unspecified atom stereocenters. The number of benzene rings is 2. The summed E-state index contributed by atoms with van der Waals surface area (Å²) in [7, 11) is -9.23. The molecule has 2 aromatic carbocycles. The van der Waals surface area contributed by atoms with Crippen LogP contribution < -0.4 is 23.2 Å². The summed E-state index contributed by atoms with van der Waals surface area (Å²) in [5.41, 5.74) is 0.0911. The Morgan fingerprint density at radius 3 is 2.58 bits per heavy atom. The summed E-state index contributed by atoms with van der Waals surface area (Å²) >= 11 is 6.16.